The van der Waals surface area contributed by atoms with Crippen LogP contribution in [0.3, 0.4) is 0 Å². The number of anilines is 1. The SMILES string of the molecule is N#Cc1c(N)ccc(Cl)c1I. The number of nitrogens with zero attached hydrogens (tertiary/aromatic N) is 1. The third-order valence-electron chi connectivity index (χ3n) is 1.24. The Morgan fingerprint density at radius 1 is 1.55 bits per heavy atom. The first-order chi connectivity index (χ1) is 5.16. The quantitative estimate of drug-likeness (QED) is 0.585. The fourth-order valence-corrected chi connectivity index (χ4v) is 1.45. The molecule has 2 nitrogen and oxygen atoms in total. The van der Waals surface area contributed by atoms with Crippen LogP contribution < -0.4 is 5.73 Å². The molecule has 0 radical (unpaired) electrons. The van der Waals surface area contributed by atoms with Gasteiger partial charge in [0.05, 0.1) is 19.8 Å². The van der Waals surface area contributed by atoms with Crippen LogP contribution in [0.25, 0.3) is 0 Å². The van der Waals surface area contributed by atoms with E-state index in [1.807, 2.05) is 28.7 Å². The lowest BCUT2D eigenvalue weighted by Crippen LogP contribution is -1.92. The van der Waals surface area contributed by atoms with Crippen molar-refractivity contribution in [3.05, 3.63) is 26.3 Å². The molecule has 0 atom stereocenters. The van der Waals surface area contributed by atoms with Crippen molar-refractivity contribution in [1.82, 2.24) is 0 Å². The summed E-state index contributed by atoms with van der Waals surface area (Å²) in [4.78, 5) is 0. The van der Waals surface area contributed by atoms with Crippen molar-refractivity contribution in [2.24, 2.45) is 0 Å². The van der Waals surface area contributed by atoms with E-state index >= 15 is 0 Å². The Morgan fingerprint density at radius 2 is 2.18 bits per heavy atom. The number of hydrogen-bond donors (Lipinski definition) is 1. The summed E-state index contributed by atoms with van der Waals surface area (Å²) in [5.41, 5.74) is 6.44. The van der Waals surface area contributed by atoms with Crippen molar-refractivity contribution < 1.29 is 0 Å². The molecule has 0 aliphatic rings. The van der Waals surface area contributed by atoms with Gasteiger partial charge in [-0.1, -0.05) is 11.6 Å². The van der Waals surface area contributed by atoms with Gasteiger partial charge in [-0.15, -0.1) is 0 Å². The Morgan fingerprint density at radius 3 is 2.64 bits per heavy atom. The van der Waals surface area contributed by atoms with Crippen LogP contribution in [0.1, 0.15) is 5.56 Å². The number of nitrogen functional groups attached to an aromatic ring is 1. The first-order valence-corrected chi connectivity index (χ1v) is 4.26. The lowest BCUT2D eigenvalue weighted by Gasteiger charge is -2.00. The highest BCUT2D eigenvalue weighted by atomic mass is 127. The van der Waals surface area contributed by atoms with Crippen LogP contribution in [0.2, 0.25) is 5.02 Å². The summed E-state index contributed by atoms with van der Waals surface area (Å²) in [5, 5.41) is 9.20. The highest BCUT2D eigenvalue weighted by Crippen LogP contribution is 2.25. The molecule has 0 unspecified atom stereocenters. The van der Waals surface area contributed by atoms with E-state index in [1.54, 1.807) is 12.1 Å². The molecule has 1 aromatic carbocycles. The van der Waals surface area contributed by atoms with Crippen molar-refractivity contribution in [3.63, 3.8) is 0 Å². The van der Waals surface area contributed by atoms with Crippen LogP contribution in [0.5, 0.6) is 0 Å². The third kappa shape index (κ3) is 1.57. The molecule has 1 rings (SSSR count). The maximum absolute atomic E-state index is 8.63. The van der Waals surface area contributed by atoms with Crippen LogP contribution in [-0.4, -0.2) is 0 Å². The monoisotopic (exact) mass is 278 g/mol. The summed E-state index contributed by atoms with van der Waals surface area (Å²) in [6.07, 6.45) is 0. The molecule has 11 heavy (non-hydrogen) atoms. The summed E-state index contributed by atoms with van der Waals surface area (Å²) < 4.78 is 0.715. The minimum atomic E-state index is 0.457. The van der Waals surface area contributed by atoms with E-state index in [1.165, 1.54) is 0 Å². The zero-order valence-electron chi connectivity index (χ0n) is 5.44. The topological polar surface area (TPSA) is 49.8 Å². The lowest BCUT2D eigenvalue weighted by atomic mass is 10.2. The van der Waals surface area contributed by atoms with Gasteiger partial charge in [-0.3, -0.25) is 0 Å². The fraction of sp³-hybridized carbons (Fsp3) is 0. The van der Waals surface area contributed by atoms with Crippen molar-refractivity contribution in [3.8, 4) is 6.07 Å². The first kappa shape index (κ1) is 8.62. The van der Waals surface area contributed by atoms with Crippen molar-refractivity contribution in [2.75, 3.05) is 5.73 Å². The summed E-state index contributed by atoms with van der Waals surface area (Å²) >= 11 is 7.75. The van der Waals surface area contributed by atoms with E-state index in [0.29, 0.717) is 19.8 Å². The van der Waals surface area contributed by atoms with Crippen molar-refractivity contribution in [1.29, 1.82) is 5.26 Å². The van der Waals surface area contributed by atoms with Crippen LogP contribution in [0.15, 0.2) is 12.1 Å². The molecule has 2 N–H and O–H groups in total. The lowest BCUT2D eigenvalue weighted by molar-refractivity contribution is 1.46. The zero-order valence-corrected chi connectivity index (χ0v) is 8.35. The molecule has 0 heterocycles. The minimum absolute atomic E-state index is 0.457. The third-order valence-corrected chi connectivity index (χ3v) is 2.99. The standard InChI is InChI=1S/C7H4ClIN2/c8-5-1-2-6(11)4(3-10)7(5)9/h1-2H,11H2. The van der Waals surface area contributed by atoms with Gasteiger partial charge < -0.3 is 5.73 Å². The molecule has 0 spiro atoms. The van der Waals surface area contributed by atoms with Crippen molar-refractivity contribution in [2.45, 2.75) is 0 Å². The largest absolute Gasteiger partial charge is 0.398 e. The second kappa shape index (κ2) is 3.28. The fourth-order valence-electron chi connectivity index (χ4n) is 0.679. The molecule has 0 aliphatic heterocycles. The molecule has 0 saturated heterocycles. The van der Waals surface area contributed by atoms with Gasteiger partial charge in [0.25, 0.3) is 0 Å². The number of nitriles is 1. The van der Waals surface area contributed by atoms with Crippen LogP contribution in [-0.2, 0) is 0 Å². The Balaban J connectivity index is 3.44. The summed E-state index contributed by atoms with van der Waals surface area (Å²) in [6, 6.07) is 5.30. The van der Waals surface area contributed by atoms with Gasteiger partial charge in [-0.05, 0) is 34.7 Å². The second-order valence-corrected chi connectivity index (χ2v) is 3.42. The van der Waals surface area contributed by atoms with E-state index in [4.69, 9.17) is 22.6 Å². The molecule has 56 valence electrons. The van der Waals surface area contributed by atoms with Gasteiger partial charge in [-0.2, -0.15) is 5.26 Å². The minimum Gasteiger partial charge on any atom is -0.398 e. The van der Waals surface area contributed by atoms with E-state index in [2.05, 4.69) is 0 Å². The van der Waals surface area contributed by atoms with Gasteiger partial charge in [0, 0.05) is 0 Å². The Bertz CT molecular complexity index is 330. The number of halogens is 2. The molecule has 0 aliphatic carbocycles. The molecule has 0 saturated carbocycles. The molecule has 4 heteroatoms. The molecular weight excluding hydrogens is 274 g/mol. The zero-order chi connectivity index (χ0) is 8.43. The van der Waals surface area contributed by atoms with Gasteiger partial charge in [-0.25, -0.2) is 0 Å². The Kier molecular flexibility index (Phi) is 2.58. The molecule has 0 amide bonds. The average molecular weight is 278 g/mol. The molecule has 1 aromatic rings. The highest BCUT2D eigenvalue weighted by molar-refractivity contribution is 14.1. The second-order valence-electron chi connectivity index (χ2n) is 1.94. The highest BCUT2D eigenvalue weighted by Gasteiger charge is 2.06. The Hall–Kier alpha value is -0.470. The van der Waals surface area contributed by atoms with Gasteiger partial charge in [0.2, 0.25) is 0 Å². The van der Waals surface area contributed by atoms with Crippen LogP contribution in [0, 0.1) is 14.9 Å². The van der Waals surface area contributed by atoms with E-state index in [9.17, 15) is 0 Å². The van der Waals surface area contributed by atoms with Crippen molar-refractivity contribution >= 4 is 39.9 Å². The maximum atomic E-state index is 8.63. The normalized spacial score (nSPS) is 9.18. The molecule has 0 fully saturated rings. The maximum Gasteiger partial charge on any atom is 0.102 e. The number of benzene rings is 1. The average Bonchev–Trinajstić information content (AvgIpc) is 1.99. The molecular formula is C7H4ClIN2. The van der Waals surface area contributed by atoms with Gasteiger partial charge >= 0.3 is 0 Å². The van der Waals surface area contributed by atoms with Crippen LogP contribution >= 0.6 is 34.2 Å². The van der Waals surface area contributed by atoms with Crippen LogP contribution in [0.4, 0.5) is 5.69 Å². The van der Waals surface area contributed by atoms with E-state index in [0.717, 1.165) is 0 Å². The Labute approximate surface area is 83.1 Å². The number of nitrogens with two attached hydrogens (primary N) is 1. The first-order valence-electron chi connectivity index (χ1n) is 2.80. The number of rotatable bonds is 0. The molecule has 0 bridgehead atoms. The molecule has 0 aromatic heterocycles. The predicted molar refractivity (Wildman–Crippen MR) is 53.3 cm³/mol. The predicted octanol–water partition coefficient (Wildman–Crippen LogP) is 2.40. The van der Waals surface area contributed by atoms with Gasteiger partial charge in [0.15, 0.2) is 0 Å². The summed E-state index contributed by atoms with van der Waals surface area (Å²) in [7, 11) is 0. The smallest absolute Gasteiger partial charge is 0.102 e. The number of hydrogen-bond acceptors (Lipinski definition) is 2. The summed E-state index contributed by atoms with van der Waals surface area (Å²) in [6.45, 7) is 0. The van der Waals surface area contributed by atoms with Gasteiger partial charge in [0.1, 0.15) is 6.07 Å². The van der Waals surface area contributed by atoms with E-state index in [-0.39, 0.29) is 0 Å². The summed E-state index contributed by atoms with van der Waals surface area (Å²) in [5.74, 6) is 0. The van der Waals surface area contributed by atoms with E-state index < -0.39 is 0 Å².